The summed E-state index contributed by atoms with van der Waals surface area (Å²) in [6, 6.07) is 5.00. The smallest absolute Gasteiger partial charge is 0.205 e. The Balaban J connectivity index is 2.35. The highest BCUT2D eigenvalue weighted by molar-refractivity contribution is 5.88. The van der Waals surface area contributed by atoms with Crippen LogP contribution in [0.3, 0.4) is 0 Å². The molecule has 1 N–H and O–H groups in total. The molecule has 0 aliphatic heterocycles. The van der Waals surface area contributed by atoms with Crippen LogP contribution in [0.2, 0.25) is 0 Å². The molecule has 0 bridgehead atoms. The van der Waals surface area contributed by atoms with Crippen LogP contribution >= 0.6 is 0 Å². The molecule has 0 saturated heterocycles. The van der Waals surface area contributed by atoms with Gasteiger partial charge in [0.1, 0.15) is 28.7 Å². The normalized spacial score (nSPS) is 10.7. The fourth-order valence-corrected chi connectivity index (χ4v) is 2.06. The Bertz CT molecular complexity index is 806. The van der Waals surface area contributed by atoms with Gasteiger partial charge in [-0.2, -0.15) is 5.10 Å². The Labute approximate surface area is 113 Å². The number of nitrogens with one attached hydrogen (secondary N) is 1. The summed E-state index contributed by atoms with van der Waals surface area (Å²) in [6.07, 6.45) is 3.03. The number of H-pyrrole nitrogens is 1. The first-order valence-electron chi connectivity index (χ1n) is 5.92. The van der Waals surface area contributed by atoms with Crippen molar-refractivity contribution >= 4 is 11.0 Å². The second kappa shape index (κ2) is 4.73. The van der Waals surface area contributed by atoms with Gasteiger partial charge < -0.3 is 13.9 Å². The largest absolute Gasteiger partial charge is 0.496 e. The molecule has 0 unspecified atom stereocenters. The van der Waals surface area contributed by atoms with Crippen molar-refractivity contribution in [3.63, 3.8) is 0 Å². The van der Waals surface area contributed by atoms with Gasteiger partial charge in [0.25, 0.3) is 0 Å². The quantitative estimate of drug-likeness (QED) is 0.790. The molecule has 0 atom stereocenters. The lowest BCUT2D eigenvalue weighted by atomic mass is 10.1. The third kappa shape index (κ3) is 1.82. The first-order valence-corrected chi connectivity index (χ1v) is 5.92. The number of aromatic amines is 1. The number of rotatable bonds is 3. The van der Waals surface area contributed by atoms with E-state index in [1.807, 2.05) is 0 Å². The van der Waals surface area contributed by atoms with E-state index in [1.165, 1.54) is 20.5 Å². The predicted octanol–water partition coefficient (Wildman–Crippen LogP) is 2.20. The maximum Gasteiger partial charge on any atom is 0.205 e. The zero-order valence-corrected chi connectivity index (χ0v) is 11.0. The van der Waals surface area contributed by atoms with Crippen LogP contribution in [-0.4, -0.2) is 24.4 Å². The number of nitrogens with zero attached hydrogens (tertiary/aromatic N) is 1. The summed E-state index contributed by atoms with van der Waals surface area (Å²) in [5.74, 6) is 0.968. The van der Waals surface area contributed by atoms with Gasteiger partial charge in [0.2, 0.25) is 5.43 Å². The van der Waals surface area contributed by atoms with Crippen molar-refractivity contribution in [3.8, 4) is 22.8 Å². The van der Waals surface area contributed by atoms with E-state index in [9.17, 15) is 4.79 Å². The van der Waals surface area contributed by atoms with Crippen molar-refractivity contribution in [2.24, 2.45) is 0 Å². The van der Waals surface area contributed by atoms with Gasteiger partial charge in [-0.05, 0) is 6.07 Å². The molecule has 2 aromatic heterocycles. The SMILES string of the molecule is COc1cc(OC)c2c(=O)c(-c3cc[nH]n3)coc2c1. The van der Waals surface area contributed by atoms with E-state index in [-0.39, 0.29) is 5.43 Å². The number of benzene rings is 1. The molecule has 0 saturated carbocycles. The van der Waals surface area contributed by atoms with Crippen LogP contribution in [0, 0.1) is 0 Å². The minimum absolute atomic E-state index is 0.196. The summed E-state index contributed by atoms with van der Waals surface area (Å²) in [6.45, 7) is 0. The maximum absolute atomic E-state index is 12.6. The first kappa shape index (κ1) is 12.3. The first-order chi connectivity index (χ1) is 9.74. The van der Waals surface area contributed by atoms with Crippen molar-refractivity contribution < 1.29 is 13.9 Å². The number of hydrogen-bond acceptors (Lipinski definition) is 5. The lowest BCUT2D eigenvalue weighted by molar-refractivity contribution is 0.396. The molecule has 6 nitrogen and oxygen atoms in total. The average molecular weight is 272 g/mol. The highest BCUT2D eigenvalue weighted by Gasteiger charge is 2.15. The summed E-state index contributed by atoms with van der Waals surface area (Å²) in [5, 5.41) is 7.03. The number of ether oxygens (including phenoxy) is 2. The Hall–Kier alpha value is -2.76. The highest BCUT2D eigenvalue weighted by Crippen LogP contribution is 2.30. The average Bonchev–Trinajstić information content (AvgIpc) is 3.00. The third-order valence-electron chi connectivity index (χ3n) is 3.05. The van der Waals surface area contributed by atoms with Gasteiger partial charge in [-0.15, -0.1) is 0 Å². The van der Waals surface area contributed by atoms with Crippen LogP contribution in [0.5, 0.6) is 11.5 Å². The van der Waals surface area contributed by atoms with Gasteiger partial charge >= 0.3 is 0 Å². The zero-order valence-electron chi connectivity index (χ0n) is 11.0. The lowest BCUT2D eigenvalue weighted by Crippen LogP contribution is -2.07. The Morgan fingerprint density at radius 3 is 2.75 bits per heavy atom. The van der Waals surface area contributed by atoms with Gasteiger partial charge in [-0.25, -0.2) is 0 Å². The van der Waals surface area contributed by atoms with Crippen molar-refractivity contribution in [1.82, 2.24) is 10.2 Å². The molecule has 0 aliphatic carbocycles. The molecule has 6 heteroatoms. The molecule has 3 aromatic rings. The second-order valence-electron chi connectivity index (χ2n) is 4.14. The van der Waals surface area contributed by atoms with Crippen molar-refractivity contribution in [2.45, 2.75) is 0 Å². The summed E-state index contributed by atoms with van der Waals surface area (Å²) >= 11 is 0. The van der Waals surface area contributed by atoms with Crippen molar-refractivity contribution in [3.05, 3.63) is 40.9 Å². The van der Waals surface area contributed by atoms with Gasteiger partial charge in [0, 0.05) is 18.3 Å². The Morgan fingerprint density at radius 2 is 2.10 bits per heavy atom. The summed E-state index contributed by atoms with van der Waals surface area (Å²) in [7, 11) is 3.03. The fraction of sp³-hybridized carbons (Fsp3) is 0.143. The maximum atomic E-state index is 12.6. The van der Waals surface area contributed by atoms with E-state index in [2.05, 4.69) is 10.2 Å². The molecule has 102 valence electrons. The zero-order chi connectivity index (χ0) is 14.1. The Kier molecular flexibility index (Phi) is 2.90. The van der Waals surface area contributed by atoms with Crippen LogP contribution in [0.15, 0.2) is 39.9 Å². The molecule has 1 aromatic carbocycles. The number of methoxy groups -OCH3 is 2. The van der Waals surface area contributed by atoms with Crippen LogP contribution in [-0.2, 0) is 0 Å². The summed E-state index contributed by atoms with van der Waals surface area (Å²) < 4.78 is 15.9. The van der Waals surface area contributed by atoms with Crippen LogP contribution in [0.4, 0.5) is 0 Å². The van der Waals surface area contributed by atoms with E-state index in [0.29, 0.717) is 33.7 Å². The lowest BCUT2D eigenvalue weighted by Gasteiger charge is -2.08. The van der Waals surface area contributed by atoms with E-state index in [1.54, 1.807) is 24.4 Å². The second-order valence-corrected chi connectivity index (χ2v) is 4.14. The minimum atomic E-state index is -0.196. The number of hydrogen-bond donors (Lipinski definition) is 1. The fourth-order valence-electron chi connectivity index (χ4n) is 2.06. The predicted molar refractivity (Wildman–Crippen MR) is 73.2 cm³/mol. The topological polar surface area (TPSA) is 77.4 Å². The molecule has 0 aliphatic rings. The molecular formula is C14H12N2O4. The number of aromatic nitrogens is 2. The van der Waals surface area contributed by atoms with Crippen LogP contribution in [0.25, 0.3) is 22.2 Å². The van der Waals surface area contributed by atoms with Crippen molar-refractivity contribution in [2.75, 3.05) is 14.2 Å². The Morgan fingerprint density at radius 1 is 1.25 bits per heavy atom. The van der Waals surface area contributed by atoms with E-state index in [0.717, 1.165) is 0 Å². The molecule has 0 radical (unpaired) electrons. The summed E-state index contributed by atoms with van der Waals surface area (Å²) in [4.78, 5) is 12.6. The monoisotopic (exact) mass is 272 g/mol. The molecular weight excluding hydrogens is 260 g/mol. The highest BCUT2D eigenvalue weighted by atomic mass is 16.5. The van der Waals surface area contributed by atoms with Gasteiger partial charge in [0.15, 0.2) is 0 Å². The van der Waals surface area contributed by atoms with Gasteiger partial charge in [-0.3, -0.25) is 9.89 Å². The molecule has 3 rings (SSSR count). The third-order valence-corrected chi connectivity index (χ3v) is 3.05. The molecule has 0 spiro atoms. The molecule has 20 heavy (non-hydrogen) atoms. The summed E-state index contributed by atoms with van der Waals surface area (Å²) in [5.41, 5.74) is 1.11. The molecule has 0 fully saturated rings. The van der Waals surface area contributed by atoms with E-state index < -0.39 is 0 Å². The molecule has 2 heterocycles. The van der Waals surface area contributed by atoms with Crippen LogP contribution in [0.1, 0.15) is 0 Å². The van der Waals surface area contributed by atoms with Gasteiger partial charge in [0.05, 0.1) is 25.5 Å². The van der Waals surface area contributed by atoms with Gasteiger partial charge in [-0.1, -0.05) is 0 Å². The number of fused-ring (bicyclic) bond motifs is 1. The molecule has 0 amide bonds. The standard InChI is InChI=1S/C14H12N2O4/c1-18-8-5-11(19-2)13-12(6-8)20-7-9(14(13)17)10-3-4-15-16-10/h3-7H,1-2H3,(H,15,16). The van der Waals surface area contributed by atoms with E-state index in [4.69, 9.17) is 13.9 Å². The van der Waals surface area contributed by atoms with Crippen LogP contribution < -0.4 is 14.9 Å². The van der Waals surface area contributed by atoms with Crippen molar-refractivity contribution in [1.29, 1.82) is 0 Å². The minimum Gasteiger partial charge on any atom is -0.496 e. The van der Waals surface area contributed by atoms with E-state index >= 15 is 0 Å².